The van der Waals surface area contributed by atoms with Crippen LogP contribution in [0.5, 0.6) is 0 Å². The molecule has 7 aromatic rings. The predicted molar refractivity (Wildman–Crippen MR) is 271 cm³/mol. The van der Waals surface area contributed by atoms with Crippen LogP contribution in [0.1, 0.15) is 136 Å². The molecule has 0 saturated heterocycles. The van der Waals surface area contributed by atoms with Crippen LogP contribution in [0.15, 0.2) is 150 Å². The fourth-order valence-electron chi connectivity index (χ4n) is 10.7. The van der Waals surface area contributed by atoms with Crippen LogP contribution in [0.2, 0.25) is 0 Å². The molecule has 0 amide bonds. The first-order valence-electron chi connectivity index (χ1n) is 23.5. The first-order chi connectivity index (χ1) is 31.1. The third-order valence-electron chi connectivity index (χ3n) is 14.3. The Kier molecular flexibility index (Phi) is 11.9. The summed E-state index contributed by atoms with van der Waals surface area (Å²) in [5, 5.41) is 26.3. The van der Waals surface area contributed by atoms with E-state index in [4.69, 9.17) is 5.26 Å². The van der Waals surface area contributed by atoms with E-state index in [-0.39, 0.29) is 0 Å². The van der Waals surface area contributed by atoms with Crippen molar-refractivity contribution in [3.05, 3.63) is 195 Å². The van der Waals surface area contributed by atoms with Gasteiger partial charge in [0, 0.05) is 22.3 Å². The fraction of sp³-hybridized carbons (Fsp3) is 0.279. The second-order valence-corrected chi connectivity index (χ2v) is 18.9. The summed E-state index contributed by atoms with van der Waals surface area (Å²) in [5.74, 6) is 1.46. The predicted octanol–water partition coefficient (Wildman–Crippen LogP) is 16.8. The van der Waals surface area contributed by atoms with Gasteiger partial charge in [-0.05, 0) is 172 Å². The molecule has 10 rings (SSSR count). The van der Waals surface area contributed by atoms with Crippen LogP contribution in [0, 0.1) is 35.5 Å². The lowest BCUT2D eigenvalue weighted by molar-refractivity contribution is 0.561. The fourth-order valence-corrected chi connectivity index (χ4v) is 10.7. The van der Waals surface area contributed by atoms with E-state index in [0.717, 1.165) is 30.5 Å². The monoisotopic (exact) mass is 833 g/mol. The third-order valence-corrected chi connectivity index (χ3v) is 14.3. The van der Waals surface area contributed by atoms with Crippen molar-refractivity contribution in [3.63, 3.8) is 0 Å². The van der Waals surface area contributed by atoms with Crippen LogP contribution in [0.4, 0.5) is 11.4 Å². The number of allylic oxidation sites excluding steroid dienone is 7. The average molecular weight is 834 g/mol. The zero-order valence-corrected chi connectivity index (χ0v) is 38.6. The number of nitrogens with zero attached hydrogens (tertiary/aromatic N) is 3. The average Bonchev–Trinajstić information content (AvgIpc) is 3.33. The summed E-state index contributed by atoms with van der Waals surface area (Å²) >= 11 is 0. The van der Waals surface area contributed by atoms with Gasteiger partial charge in [-0.3, -0.25) is 0 Å². The molecule has 0 aliphatic heterocycles. The lowest BCUT2D eigenvalue weighted by Gasteiger charge is -2.34. The van der Waals surface area contributed by atoms with Gasteiger partial charge in [-0.25, -0.2) is 0 Å². The van der Waals surface area contributed by atoms with Crippen molar-refractivity contribution in [3.8, 4) is 12.1 Å². The Labute approximate surface area is 380 Å². The van der Waals surface area contributed by atoms with E-state index in [0.29, 0.717) is 29.2 Å². The largest absolute Gasteiger partial charge is 0.310 e. The van der Waals surface area contributed by atoms with Crippen molar-refractivity contribution < 1.29 is 0 Å². The SMILES string of the molecule is CC(C)c1cc(C(C)[C@@H](C)C2=CCCC3=C2C=CCC3)c2ccc3c(C(C)C)cc(N(C4=CCCc5ccccc54)c4ccc(C#N)cc4)c4ccc1c2c34.Cc1ccc(C#N)cc1. The molecular weight excluding hydrogens is 775 g/mol. The highest BCUT2D eigenvalue weighted by Gasteiger charge is 2.30. The number of aryl methyl sites for hydroxylation is 2. The van der Waals surface area contributed by atoms with Gasteiger partial charge >= 0.3 is 0 Å². The highest BCUT2D eigenvalue weighted by atomic mass is 15.2. The summed E-state index contributed by atoms with van der Waals surface area (Å²) < 4.78 is 0. The van der Waals surface area contributed by atoms with Gasteiger partial charge in [-0.1, -0.05) is 144 Å². The normalized spacial score (nSPS) is 15.5. The molecule has 0 spiro atoms. The minimum atomic E-state index is 0.325. The molecule has 0 radical (unpaired) electrons. The van der Waals surface area contributed by atoms with Crippen molar-refractivity contribution in [2.24, 2.45) is 5.92 Å². The van der Waals surface area contributed by atoms with Gasteiger partial charge < -0.3 is 4.90 Å². The zero-order chi connectivity index (χ0) is 44.6. The summed E-state index contributed by atoms with van der Waals surface area (Å²) in [4.78, 5) is 2.49. The second kappa shape index (κ2) is 17.8. The summed E-state index contributed by atoms with van der Waals surface area (Å²) in [6.07, 6.45) is 16.6. The van der Waals surface area contributed by atoms with Crippen molar-refractivity contribution in [1.82, 2.24) is 0 Å². The molecule has 0 bridgehead atoms. The van der Waals surface area contributed by atoms with Crippen LogP contribution in [0.25, 0.3) is 38.0 Å². The van der Waals surface area contributed by atoms with E-state index in [1.54, 1.807) is 11.1 Å². The minimum absolute atomic E-state index is 0.325. The van der Waals surface area contributed by atoms with E-state index in [9.17, 15) is 5.26 Å². The van der Waals surface area contributed by atoms with Crippen LogP contribution in [-0.4, -0.2) is 0 Å². The molecule has 0 saturated carbocycles. The number of fused-ring (bicyclic) bond motifs is 1. The number of hydrogen-bond acceptors (Lipinski definition) is 3. The molecular formula is C61H59N3. The topological polar surface area (TPSA) is 50.8 Å². The van der Waals surface area contributed by atoms with Gasteiger partial charge in [0.25, 0.3) is 0 Å². The maximum absolute atomic E-state index is 9.76. The molecule has 318 valence electrons. The third kappa shape index (κ3) is 7.73. The highest BCUT2D eigenvalue weighted by Crippen LogP contribution is 2.51. The molecule has 3 heteroatoms. The molecule has 2 atom stereocenters. The number of hydrogen-bond donors (Lipinski definition) is 0. The first-order valence-corrected chi connectivity index (χ1v) is 23.5. The molecule has 0 aromatic heterocycles. The molecule has 7 aromatic carbocycles. The first kappa shape index (κ1) is 42.6. The van der Waals surface area contributed by atoms with Crippen molar-refractivity contribution >= 4 is 49.4 Å². The molecule has 0 fully saturated rings. The van der Waals surface area contributed by atoms with Crippen LogP contribution >= 0.6 is 0 Å². The van der Waals surface area contributed by atoms with Gasteiger partial charge in [0.05, 0.1) is 29.0 Å². The molecule has 1 unspecified atom stereocenters. The molecule has 64 heavy (non-hydrogen) atoms. The Balaban J connectivity index is 0.000000516. The van der Waals surface area contributed by atoms with Gasteiger partial charge in [0.15, 0.2) is 0 Å². The van der Waals surface area contributed by atoms with E-state index in [1.165, 1.54) is 102 Å². The number of anilines is 2. The Morgan fingerprint density at radius 1 is 0.562 bits per heavy atom. The number of rotatable bonds is 8. The van der Waals surface area contributed by atoms with E-state index in [1.807, 2.05) is 43.3 Å². The zero-order valence-electron chi connectivity index (χ0n) is 38.6. The molecule has 0 heterocycles. The number of nitriles is 2. The summed E-state index contributed by atoms with van der Waals surface area (Å²) in [6.45, 7) is 16.4. The summed E-state index contributed by atoms with van der Waals surface area (Å²) in [5.41, 5.74) is 17.7. The van der Waals surface area contributed by atoms with Gasteiger partial charge in [0.2, 0.25) is 0 Å². The Morgan fingerprint density at radius 3 is 1.81 bits per heavy atom. The van der Waals surface area contributed by atoms with E-state index < -0.39 is 0 Å². The lowest BCUT2D eigenvalue weighted by atomic mass is 9.73. The number of benzene rings is 7. The quantitative estimate of drug-likeness (QED) is 0.143. The maximum Gasteiger partial charge on any atom is 0.0991 e. The maximum atomic E-state index is 9.76. The van der Waals surface area contributed by atoms with Crippen molar-refractivity contribution in [2.75, 3.05) is 4.90 Å². The van der Waals surface area contributed by atoms with Gasteiger partial charge in [0.1, 0.15) is 0 Å². The second-order valence-electron chi connectivity index (χ2n) is 18.9. The van der Waals surface area contributed by atoms with Crippen molar-refractivity contribution in [2.45, 2.75) is 105 Å². The Hall–Kier alpha value is -6.68. The summed E-state index contributed by atoms with van der Waals surface area (Å²) in [7, 11) is 0. The molecule has 3 aliphatic carbocycles. The van der Waals surface area contributed by atoms with Crippen LogP contribution in [0.3, 0.4) is 0 Å². The molecule has 3 nitrogen and oxygen atoms in total. The van der Waals surface area contributed by atoms with Crippen LogP contribution in [-0.2, 0) is 6.42 Å². The molecule has 3 aliphatic rings. The highest BCUT2D eigenvalue weighted by molar-refractivity contribution is 6.28. The minimum Gasteiger partial charge on any atom is -0.310 e. The van der Waals surface area contributed by atoms with Crippen molar-refractivity contribution in [1.29, 1.82) is 10.5 Å². The van der Waals surface area contributed by atoms with Gasteiger partial charge in [-0.2, -0.15) is 10.5 Å². The Bertz CT molecular complexity index is 3100. The van der Waals surface area contributed by atoms with Gasteiger partial charge in [-0.15, -0.1) is 0 Å². The van der Waals surface area contributed by atoms with Crippen LogP contribution < -0.4 is 4.90 Å². The smallest absolute Gasteiger partial charge is 0.0991 e. The molecule has 0 N–H and O–H groups in total. The standard InChI is InChI=1S/C53H52N2.C8H7N/c1-32(2)47-29-49(35(6)34(5)40-19-11-15-37-13-7-9-17-41(37)40)45-26-25-44-48(33(3)4)30-51(46-28-27-43(47)52(45)53(44)46)55(39-23-21-36(31-54)22-24-39)50-20-12-16-38-14-8-10-18-42(38)50;1-7-2-4-8(6-9)5-3-7/h8-10,14,17-30,32-35H,7,11-13,15-16H2,1-6H3;2-5H,1H3/t34-,35?;/m1./s1. The lowest BCUT2D eigenvalue weighted by Crippen LogP contribution is -2.19. The summed E-state index contributed by atoms with van der Waals surface area (Å²) in [6, 6.07) is 43.7. The van der Waals surface area contributed by atoms with E-state index in [2.05, 4.69) is 156 Å². The van der Waals surface area contributed by atoms with E-state index >= 15 is 0 Å². The Morgan fingerprint density at radius 2 is 1.14 bits per heavy atom.